The van der Waals surface area contributed by atoms with Gasteiger partial charge in [-0.05, 0) is 29.2 Å². The fraction of sp³-hybridized carbons (Fsp3) is 0.176. The number of allylic oxidation sites excluding steroid dienone is 1. The number of benzene rings is 2. The molecule has 21 heavy (non-hydrogen) atoms. The van der Waals surface area contributed by atoms with Crippen LogP contribution < -0.4 is 4.74 Å². The van der Waals surface area contributed by atoms with Crippen LogP contribution in [0.1, 0.15) is 24.0 Å². The molecule has 110 valence electrons. The molecule has 0 radical (unpaired) electrons. The van der Waals surface area contributed by atoms with Crippen molar-refractivity contribution in [2.75, 3.05) is 0 Å². The van der Waals surface area contributed by atoms with Gasteiger partial charge >= 0.3 is 6.36 Å². The first-order valence-electron chi connectivity index (χ1n) is 6.53. The number of hydrogen-bond donors (Lipinski definition) is 0. The van der Waals surface area contributed by atoms with Gasteiger partial charge in [-0.2, -0.15) is 0 Å². The zero-order valence-corrected chi connectivity index (χ0v) is 11.5. The van der Waals surface area contributed by atoms with Gasteiger partial charge in [-0.1, -0.05) is 61.5 Å². The lowest BCUT2D eigenvalue weighted by Gasteiger charge is -2.09. The zero-order chi connectivity index (χ0) is 15.3. The Labute approximate surface area is 121 Å². The number of ether oxygens (including phenoxy) is 1. The molecule has 0 heterocycles. The minimum absolute atomic E-state index is 0.212. The predicted molar refractivity (Wildman–Crippen MR) is 77.0 cm³/mol. The summed E-state index contributed by atoms with van der Waals surface area (Å²) in [5.74, 6) is 0.0214. The molecule has 0 fully saturated rings. The molecule has 0 bridgehead atoms. The SMILES string of the molecule is C[C@H](/C=C/c1ccc(OC(F)(F)F)cc1)c1ccccc1. The summed E-state index contributed by atoms with van der Waals surface area (Å²) in [5, 5.41) is 0. The van der Waals surface area contributed by atoms with Crippen molar-refractivity contribution in [2.24, 2.45) is 0 Å². The fourth-order valence-electron chi connectivity index (χ4n) is 1.90. The largest absolute Gasteiger partial charge is 0.573 e. The van der Waals surface area contributed by atoms with Crippen LogP contribution in [-0.4, -0.2) is 6.36 Å². The van der Waals surface area contributed by atoms with Crippen molar-refractivity contribution in [3.63, 3.8) is 0 Å². The van der Waals surface area contributed by atoms with Crippen molar-refractivity contribution in [1.82, 2.24) is 0 Å². The summed E-state index contributed by atoms with van der Waals surface area (Å²) in [6, 6.07) is 15.8. The molecule has 0 saturated carbocycles. The van der Waals surface area contributed by atoms with E-state index in [1.165, 1.54) is 17.7 Å². The second-order valence-electron chi connectivity index (χ2n) is 4.68. The van der Waals surface area contributed by atoms with E-state index in [-0.39, 0.29) is 11.7 Å². The quantitative estimate of drug-likeness (QED) is 0.733. The predicted octanol–water partition coefficient (Wildman–Crippen LogP) is 5.40. The normalized spacial score (nSPS) is 13.3. The highest BCUT2D eigenvalue weighted by Gasteiger charge is 2.30. The highest BCUT2D eigenvalue weighted by atomic mass is 19.4. The van der Waals surface area contributed by atoms with Crippen LogP contribution in [0.2, 0.25) is 0 Å². The summed E-state index contributed by atoms with van der Waals surface area (Å²) >= 11 is 0. The molecular weight excluding hydrogens is 277 g/mol. The smallest absolute Gasteiger partial charge is 0.406 e. The molecule has 0 saturated heterocycles. The maximum absolute atomic E-state index is 12.0. The first-order chi connectivity index (χ1) is 9.94. The molecule has 1 nitrogen and oxygen atoms in total. The molecule has 0 spiro atoms. The maximum atomic E-state index is 12.0. The van der Waals surface area contributed by atoms with E-state index in [4.69, 9.17) is 0 Å². The van der Waals surface area contributed by atoms with Crippen LogP contribution in [-0.2, 0) is 0 Å². The van der Waals surface area contributed by atoms with Gasteiger partial charge < -0.3 is 4.74 Å². The van der Waals surface area contributed by atoms with Crippen LogP contribution in [0.5, 0.6) is 5.75 Å². The van der Waals surface area contributed by atoms with E-state index in [9.17, 15) is 13.2 Å². The zero-order valence-electron chi connectivity index (χ0n) is 11.5. The molecule has 4 heteroatoms. The van der Waals surface area contributed by atoms with Crippen molar-refractivity contribution in [3.05, 3.63) is 71.8 Å². The fourth-order valence-corrected chi connectivity index (χ4v) is 1.90. The molecule has 0 amide bonds. The average Bonchev–Trinajstić information content (AvgIpc) is 2.45. The Balaban J connectivity index is 2.01. The van der Waals surface area contributed by atoms with Crippen molar-refractivity contribution in [2.45, 2.75) is 19.2 Å². The first kappa shape index (κ1) is 15.2. The molecule has 2 aromatic rings. The van der Waals surface area contributed by atoms with Gasteiger partial charge in [-0.25, -0.2) is 0 Å². The molecule has 2 aromatic carbocycles. The third-order valence-electron chi connectivity index (χ3n) is 3.02. The van der Waals surface area contributed by atoms with Gasteiger partial charge in [0.1, 0.15) is 5.75 Å². The molecule has 0 aromatic heterocycles. The molecule has 0 aliphatic rings. The Morgan fingerprint density at radius 1 is 0.952 bits per heavy atom. The van der Waals surface area contributed by atoms with Gasteiger partial charge in [0.25, 0.3) is 0 Å². The van der Waals surface area contributed by atoms with Crippen LogP contribution in [0.25, 0.3) is 6.08 Å². The third kappa shape index (κ3) is 4.99. The molecule has 0 aliphatic heterocycles. The van der Waals surface area contributed by atoms with E-state index < -0.39 is 6.36 Å². The average molecular weight is 292 g/mol. The molecule has 1 atom stereocenters. The third-order valence-corrected chi connectivity index (χ3v) is 3.02. The van der Waals surface area contributed by atoms with Crippen molar-refractivity contribution < 1.29 is 17.9 Å². The topological polar surface area (TPSA) is 9.23 Å². The lowest BCUT2D eigenvalue weighted by molar-refractivity contribution is -0.274. The van der Waals surface area contributed by atoms with E-state index >= 15 is 0 Å². The molecule has 0 unspecified atom stereocenters. The maximum Gasteiger partial charge on any atom is 0.573 e. The Kier molecular flexibility index (Phi) is 4.68. The van der Waals surface area contributed by atoms with Crippen LogP contribution >= 0.6 is 0 Å². The minimum atomic E-state index is -4.65. The second-order valence-corrected chi connectivity index (χ2v) is 4.68. The van der Waals surface area contributed by atoms with Crippen LogP contribution in [0.4, 0.5) is 13.2 Å². The van der Waals surface area contributed by atoms with E-state index in [0.29, 0.717) is 0 Å². The summed E-state index contributed by atoms with van der Waals surface area (Å²) < 4.78 is 40.0. The summed E-state index contributed by atoms with van der Waals surface area (Å²) in [5.41, 5.74) is 2.01. The summed E-state index contributed by atoms with van der Waals surface area (Å²) in [4.78, 5) is 0. The van der Waals surface area contributed by atoms with Gasteiger partial charge in [0.2, 0.25) is 0 Å². The molecule has 0 N–H and O–H groups in total. The van der Waals surface area contributed by atoms with Gasteiger partial charge in [0.15, 0.2) is 0 Å². The van der Waals surface area contributed by atoms with E-state index in [1.807, 2.05) is 42.5 Å². The summed E-state index contributed by atoms with van der Waals surface area (Å²) in [6.07, 6.45) is -0.761. The minimum Gasteiger partial charge on any atom is -0.406 e. The van der Waals surface area contributed by atoms with Crippen molar-refractivity contribution in [1.29, 1.82) is 0 Å². The second kappa shape index (κ2) is 6.48. The first-order valence-corrected chi connectivity index (χ1v) is 6.53. The molecular formula is C17H15F3O. The lowest BCUT2D eigenvalue weighted by Crippen LogP contribution is -2.16. The molecule has 2 rings (SSSR count). The van der Waals surface area contributed by atoms with Crippen LogP contribution in [0, 0.1) is 0 Å². The Hall–Kier alpha value is -2.23. The Morgan fingerprint density at radius 3 is 2.14 bits per heavy atom. The van der Waals surface area contributed by atoms with Crippen LogP contribution in [0.3, 0.4) is 0 Å². The lowest BCUT2D eigenvalue weighted by atomic mass is 10.00. The highest BCUT2D eigenvalue weighted by Crippen LogP contribution is 2.23. The number of rotatable bonds is 4. The van der Waals surface area contributed by atoms with Gasteiger partial charge in [-0.15, -0.1) is 13.2 Å². The number of hydrogen-bond acceptors (Lipinski definition) is 1. The highest BCUT2D eigenvalue weighted by molar-refractivity contribution is 5.52. The van der Waals surface area contributed by atoms with Gasteiger partial charge in [0, 0.05) is 0 Å². The van der Waals surface area contributed by atoms with Gasteiger partial charge in [0.05, 0.1) is 0 Å². The summed E-state index contributed by atoms with van der Waals surface area (Å²) in [6.45, 7) is 2.06. The van der Waals surface area contributed by atoms with Crippen molar-refractivity contribution in [3.8, 4) is 5.75 Å². The number of alkyl halides is 3. The summed E-state index contributed by atoms with van der Waals surface area (Å²) in [7, 11) is 0. The van der Waals surface area contributed by atoms with E-state index in [0.717, 1.165) is 5.56 Å². The Morgan fingerprint density at radius 2 is 1.57 bits per heavy atom. The van der Waals surface area contributed by atoms with E-state index in [1.54, 1.807) is 12.1 Å². The van der Waals surface area contributed by atoms with Crippen LogP contribution in [0.15, 0.2) is 60.7 Å². The standard InChI is InChI=1S/C17H15F3O/c1-13(15-5-3-2-4-6-15)7-8-14-9-11-16(12-10-14)21-17(18,19)20/h2-13H,1H3/b8-7+/t13-/m1/s1. The molecule has 0 aliphatic carbocycles. The monoisotopic (exact) mass is 292 g/mol. The van der Waals surface area contributed by atoms with Gasteiger partial charge in [-0.3, -0.25) is 0 Å². The Bertz CT molecular complexity index is 586. The van der Waals surface area contributed by atoms with Crippen molar-refractivity contribution >= 4 is 6.08 Å². The number of halogens is 3. The van der Waals surface area contributed by atoms with E-state index in [2.05, 4.69) is 11.7 Å².